The van der Waals surface area contributed by atoms with Crippen molar-refractivity contribution in [1.29, 1.82) is 0 Å². The van der Waals surface area contributed by atoms with Gasteiger partial charge in [-0.3, -0.25) is 0 Å². The summed E-state index contributed by atoms with van der Waals surface area (Å²) in [6.07, 6.45) is 2.83. The van der Waals surface area contributed by atoms with Gasteiger partial charge in [0.15, 0.2) is 0 Å². The first kappa shape index (κ1) is 12.5. The van der Waals surface area contributed by atoms with Crippen molar-refractivity contribution in [2.45, 2.75) is 13.3 Å². The van der Waals surface area contributed by atoms with E-state index in [1.54, 1.807) is 20.4 Å². The number of anilines is 1. The Bertz CT molecular complexity index is 541. The molecule has 0 aliphatic rings. The second-order valence-electron chi connectivity index (χ2n) is 3.98. The number of hydrogen-bond acceptors (Lipinski definition) is 4. The molecule has 18 heavy (non-hydrogen) atoms. The molecule has 0 unspecified atom stereocenters. The molecule has 0 radical (unpaired) electrons. The Morgan fingerprint density at radius 3 is 2.50 bits per heavy atom. The summed E-state index contributed by atoms with van der Waals surface area (Å²) in [5.74, 6) is 2.47. The van der Waals surface area contributed by atoms with E-state index < -0.39 is 0 Å². The predicted molar refractivity (Wildman–Crippen MR) is 73.6 cm³/mol. The van der Waals surface area contributed by atoms with Crippen molar-refractivity contribution in [3.63, 3.8) is 0 Å². The summed E-state index contributed by atoms with van der Waals surface area (Å²) in [5, 5.41) is 5.29. The first-order valence-corrected chi connectivity index (χ1v) is 6.05. The number of ether oxygens (including phenoxy) is 2. The molecule has 0 bridgehead atoms. The van der Waals surface area contributed by atoms with E-state index in [1.807, 2.05) is 18.2 Å². The summed E-state index contributed by atoms with van der Waals surface area (Å²) in [4.78, 5) is 4.38. The van der Waals surface area contributed by atoms with Crippen LogP contribution in [0.5, 0.6) is 11.5 Å². The third kappa shape index (κ3) is 2.18. The van der Waals surface area contributed by atoms with Crippen LogP contribution in [0.2, 0.25) is 0 Å². The van der Waals surface area contributed by atoms with E-state index in [9.17, 15) is 0 Å². The minimum atomic E-state index is 0.803. The van der Waals surface area contributed by atoms with E-state index in [4.69, 9.17) is 9.47 Å². The first-order chi connectivity index (χ1) is 8.81. The van der Waals surface area contributed by atoms with E-state index in [0.29, 0.717) is 0 Å². The van der Waals surface area contributed by atoms with Crippen molar-refractivity contribution < 1.29 is 9.47 Å². The fourth-order valence-corrected chi connectivity index (χ4v) is 1.97. The molecule has 0 aliphatic heterocycles. The molecule has 4 heteroatoms. The fourth-order valence-electron chi connectivity index (χ4n) is 1.97. The van der Waals surface area contributed by atoms with Crippen LogP contribution in [0.4, 0.5) is 5.82 Å². The van der Waals surface area contributed by atoms with Gasteiger partial charge in [0, 0.05) is 18.1 Å². The van der Waals surface area contributed by atoms with Gasteiger partial charge in [-0.2, -0.15) is 0 Å². The summed E-state index contributed by atoms with van der Waals surface area (Å²) < 4.78 is 10.8. The van der Waals surface area contributed by atoms with Crippen LogP contribution in [0.25, 0.3) is 10.8 Å². The second-order valence-corrected chi connectivity index (χ2v) is 3.98. The van der Waals surface area contributed by atoms with Gasteiger partial charge in [-0.1, -0.05) is 6.92 Å². The average molecular weight is 246 g/mol. The van der Waals surface area contributed by atoms with Crippen LogP contribution < -0.4 is 14.8 Å². The molecule has 0 saturated carbocycles. The van der Waals surface area contributed by atoms with Gasteiger partial charge in [-0.15, -0.1) is 0 Å². The molecule has 0 saturated heterocycles. The van der Waals surface area contributed by atoms with E-state index in [-0.39, 0.29) is 0 Å². The highest BCUT2D eigenvalue weighted by Crippen LogP contribution is 2.36. The van der Waals surface area contributed by atoms with Crippen LogP contribution in [0, 0.1) is 0 Å². The summed E-state index contributed by atoms with van der Waals surface area (Å²) >= 11 is 0. The maximum Gasteiger partial charge on any atom is 0.137 e. The van der Waals surface area contributed by atoms with Crippen LogP contribution in [0.3, 0.4) is 0 Å². The quantitative estimate of drug-likeness (QED) is 0.880. The minimum absolute atomic E-state index is 0.803. The number of nitrogens with one attached hydrogen (secondary N) is 1. The molecule has 1 aromatic heterocycles. The Morgan fingerprint density at radius 1 is 1.11 bits per heavy atom. The minimum Gasteiger partial charge on any atom is -0.496 e. The summed E-state index contributed by atoms with van der Waals surface area (Å²) in [7, 11) is 3.33. The highest BCUT2D eigenvalue weighted by molar-refractivity contribution is 6.00. The van der Waals surface area contributed by atoms with Gasteiger partial charge < -0.3 is 14.8 Å². The zero-order chi connectivity index (χ0) is 13.0. The number of rotatable bonds is 5. The normalized spacial score (nSPS) is 10.4. The van der Waals surface area contributed by atoms with Crippen molar-refractivity contribution in [2.24, 2.45) is 0 Å². The number of hydrogen-bond donors (Lipinski definition) is 1. The molecule has 0 atom stereocenters. The average Bonchev–Trinajstić information content (AvgIpc) is 2.43. The summed E-state index contributed by atoms with van der Waals surface area (Å²) in [6.45, 7) is 3.00. The van der Waals surface area contributed by atoms with Crippen LogP contribution >= 0.6 is 0 Å². The zero-order valence-corrected chi connectivity index (χ0v) is 11.0. The third-order valence-electron chi connectivity index (χ3n) is 2.83. The lowest BCUT2D eigenvalue weighted by Gasteiger charge is -2.13. The van der Waals surface area contributed by atoms with Crippen LogP contribution in [0.1, 0.15) is 13.3 Å². The van der Waals surface area contributed by atoms with Crippen molar-refractivity contribution in [3.8, 4) is 11.5 Å². The molecular formula is C14H18N2O2. The maximum atomic E-state index is 5.41. The fraction of sp³-hybridized carbons (Fsp3) is 0.357. The summed E-state index contributed by atoms with van der Waals surface area (Å²) in [6, 6.07) is 5.75. The van der Waals surface area contributed by atoms with Gasteiger partial charge in [0.05, 0.1) is 19.6 Å². The highest BCUT2D eigenvalue weighted by atomic mass is 16.5. The second kappa shape index (κ2) is 5.58. The Kier molecular flexibility index (Phi) is 3.87. The van der Waals surface area contributed by atoms with Gasteiger partial charge in [-0.25, -0.2) is 4.98 Å². The Labute approximate surface area is 107 Å². The number of nitrogens with zero attached hydrogens (tertiary/aromatic N) is 1. The molecular weight excluding hydrogens is 228 g/mol. The number of benzene rings is 1. The molecule has 0 spiro atoms. The SMILES string of the molecule is CCCNc1nccc2c(OC)ccc(OC)c12. The van der Waals surface area contributed by atoms with Gasteiger partial charge in [0.25, 0.3) is 0 Å². The highest BCUT2D eigenvalue weighted by Gasteiger charge is 2.11. The van der Waals surface area contributed by atoms with Crippen molar-refractivity contribution in [3.05, 3.63) is 24.4 Å². The smallest absolute Gasteiger partial charge is 0.137 e. The number of fused-ring (bicyclic) bond motifs is 1. The van der Waals surface area contributed by atoms with Crippen LogP contribution in [-0.2, 0) is 0 Å². The van der Waals surface area contributed by atoms with Crippen molar-refractivity contribution in [2.75, 3.05) is 26.1 Å². The first-order valence-electron chi connectivity index (χ1n) is 6.05. The third-order valence-corrected chi connectivity index (χ3v) is 2.83. The lowest BCUT2D eigenvalue weighted by Crippen LogP contribution is -2.03. The van der Waals surface area contributed by atoms with Crippen LogP contribution in [0.15, 0.2) is 24.4 Å². The zero-order valence-electron chi connectivity index (χ0n) is 11.0. The Morgan fingerprint density at radius 2 is 1.83 bits per heavy atom. The van der Waals surface area contributed by atoms with Gasteiger partial charge in [0.2, 0.25) is 0 Å². The maximum absolute atomic E-state index is 5.41. The van der Waals surface area contributed by atoms with E-state index in [2.05, 4.69) is 17.2 Å². The van der Waals surface area contributed by atoms with Gasteiger partial charge >= 0.3 is 0 Å². The summed E-state index contributed by atoms with van der Waals surface area (Å²) in [5.41, 5.74) is 0. The molecule has 2 rings (SSSR count). The molecule has 0 fully saturated rings. The monoisotopic (exact) mass is 246 g/mol. The molecule has 4 nitrogen and oxygen atoms in total. The van der Waals surface area contributed by atoms with Crippen LogP contribution in [-0.4, -0.2) is 25.7 Å². The van der Waals surface area contributed by atoms with E-state index in [1.165, 1.54) is 0 Å². The predicted octanol–water partition coefficient (Wildman–Crippen LogP) is 3.07. The molecule has 0 amide bonds. The van der Waals surface area contributed by atoms with Crippen molar-refractivity contribution >= 4 is 16.6 Å². The van der Waals surface area contributed by atoms with E-state index >= 15 is 0 Å². The molecule has 1 heterocycles. The van der Waals surface area contributed by atoms with E-state index in [0.717, 1.165) is 41.1 Å². The Balaban J connectivity index is 2.64. The topological polar surface area (TPSA) is 43.4 Å². The lowest BCUT2D eigenvalue weighted by atomic mass is 10.1. The number of pyridine rings is 1. The molecule has 1 N–H and O–H groups in total. The molecule has 1 aromatic carbocycles. The largest absolute Gasteiger partial charge is 0.496 e. The lowest BCUT2D eigenvalue weighted by molar-refractivity contribution is 0.410. The Hall–Kier alpha value is -1.97. The molecule has 96 valence electrons. The molecule has 0 aliphatic carbocycles. The number of aromatic nitrogens is 1. The molecule has 2 aromatic rings. The van der Waals surface area contributed by atoms with Gasteiger partial charge in [0.1, 0.15) is 17.3 Å². The number of methoxy groups -OCH3 is 2. The van der Waals surface area contributed by atoms with Gasteiger partial charge in [-0.05, 0) is 24.6 Å². The standard InChI is InChI=1S/C14H18N2O2/c1-4-8-15-14-13-10(7-9-16-14)11(17-2)5-6-12(13)18-3/h5-7,9H,4,8H2,1-3H3,(H,15,16). The van der Waals surface area contributed by atoms with Crippen molar-refractivity contribution in [1.82, 2.24) is 4.98 Å².